The summed E-state index contributed by atoms with van der Waals surface area (Å²) in [6.07, 6.45) is 1.21. The summed E-state index contributed by atoms with van der Waals surface area (Å²) in [4.78, 5) is 4.50. The molecule has 6 rings (SSSR count). The van der Waals surface area contributed by atoms with Crippen molar-refractivity contribution in [3.8, 4) is 17.2 Å². The maximum Gasteiger partial charge on any atom is 0.226 e. The lowest BCUT2D eigenvalue weighted by Gasteiger charge is -2.39. The van der Waals surface area contributed by atoms with Gasteiger partial charge in [0.15, 0.2) is 11.5 Å². The zero-order valence-electron chi connectivity index (χ0n) is 19.1. The number of fused-ring (bicyclic) bond motifs is 3. The smallest absolute Gasteiger partial charge is 0.226 e. The highest BCUT2D eigenvalue weighted by molar-refractivity contribution is 5.85. The fourth-order valence-electron chi connectivity index (χ4n) is 4.83. The number of aromatic nitrogens is 3. The Morgan fingerprint density at radius 2 is 1.74 bits per heavy atom. The molecule has 0 unspecified atom stereocenters. The molecule has 4 aromatic rings. The summed E-state index contributed by atoms with van der Waals surface area (Å²) < 4.78 is 19.7. The van der Waals surface area contributed by atoms with Crippen LogP contribution in [-0.2, 0) is 0 Å². The quantitative estimate of drug-likeness (QED) is 0.461. The minimum Gasteiger partial charge on any atom is -0.493 e. The van der Waals surface area contributed by atoms with Crippen LogP contribution in [0.25, 0.3) is 5.70 Å². The molecule has 0 radical (unpaired) electrons. The van der Waals surface area contributed by atoms with E-state index >= 15 is 0 Å². The molecular formula is C27H24N4O3. The van der Waals surface area contributed by atoms with Gasteiger partial charge in [-0.25, -0.2) is 4.68 Å². The Bertz CT molecular complexity index is 1410. The van der Waals surface area contributed by atoms with Gasteiger partial charge in [0, 0.05) is 16.7 Å². The molecule has 2 atom stereocenters. The molecule has 0 amide bonds. The molecule has 0 fully saturated rings. The topological polar surface area (TPSA) is 70.4 Å². The number of aryl methyl sites for hydroxylation is 1. The van der Waals surface area contributed by atoms with E-state index in [9.17, 15) is 0 Å². The minimum absolute atomic E-state index is 0.193. The first-order valence-corrected chi connectivity index (χ1v) is 11.1. The lowest BCUT2D eigenvalue weighted by molar-refractivity contribution is 0.222. The van der Waals surface area contributed by atoms with E-state index in [1.807, 2.05) is 47.1 Å². The van der Waals surface area contributed by atoms with Crippen molar-refractivity contribution in [2.75, 3.05) is 19.5 Å². The normalized spacial score (nSPS) is 18.2. The van der Waals surface area contributed by atoms with Crippen LogP contribution < -0.4 is 19.5 Å². The van der Waals surface area contributed by atoms with Gasteiger partial charge >= 0.3 is 0 Å². The predicted octanol–water partition coefficient (Wildman–Crippen LogP) is 5.16. The molecule has 3 heterocycles. The van der Waals surface area contributed by atoms with Gasteiger partial charge in [0.2, 0.25) is 5.95 Å². The maximum atomic E-state index is 6.70. The molecule has 3 aromatic carbocycles. The second-order valence-corrected chi connectivity index (χ2v) is 8.41. The summed E-state index contributed by atoms with van der Waals surface area (Å²) in [6.45, 7) is 2.08. The number of rotatable bonds is 4. The molecule has 0 saturated heterocycles. The van der Waals surface area contributed by atoms with E-state index in [2.05, 4.69) is 46.6 Å². The fraction of sp³-hybridized carbons (Fsp3) is 0.185. The first kappa shape index (κ1) is 20.4. The van der Waals surface area contributed by atoms with Crippen LogP contribution in [0, 0.1) is 6.92 Å². The van der Waals surface area contributed by atoms with E-state index in [0.717, 1.165) is 39.3 Å². The molecule has 1 N–H and O–H groups in total. The average molecular weight is 453 g/mol. The van der Waals surface area contributed by atoms with Crippen LogP contribution in [-0.4, -0.2) is 29.0 Å². The van der Waals surface area contributed by atoms with Crippen LogP contribution >= 0.6 is 0 Å². The van der Waals surface area contributed by atoms with Gasteiger partial charge in [-0.3, -0.25) is 0 Å². The molecule has 0 bridgehead atoms. The Balaban J connectivity index is 1.62. The monoisotopic (exact) mass is 452 g/mol. The van der Waals surface area contributed by atoms with Gasteiger partial charge in [0.25, 0.3) is 0 Å². The highest BCUT2D eigenvalue weighted by Gasteiger charge is 2.41. The molecule has 34 heavy (non-hydrogen) atoms. The molecule has 170 valence electrons. The predicted molar refractivity (Wildman–Crippen MR) is 129 cm³/mol. The molecule has 1 aromatic heterocycles. The lowest BCUT2D eigenvalue weighted by atomic mass is 9.84. The molecule has 2 aliphatic rings. The third-order valence-corrected chi connectivity index (χ3v) is 6.40. The number of hydrogen-bond donors (Lipinski definition) is 1. The van der Waals surface area contributed by atoms with E-state index in [4.69, 9.17) is 14.2 Å². The van der Waals surface area contributed by atoms with Crippen LogP contribution in [0.3, 0.4) is 0 Å². The molecular weight excluding hydrogens is 428 g/mol. The van der Waals surface area contributed by atoms with Gasteiger partial charge in [-0.1, -0.05) is 48.0 Å². The largest absolute Gasteiger partial charge is 0.493 e. The summed E-state index contributed by atoms with van der Waals surface area (Å²) in [5.41, 5.74) is 6.30. The van der Waals surface area contributed by atoms with Crippen molar-refractivity contribution in [2.24, 2.45) is 0 Å². The number of ether oxygens (including phenoxy) is 3. The van der Waals surface area contributed by atoms with E-state index < -0.39 is 0 Å². The van der Waals surface area contributed by atoms with E-state index in [-0.39, 0.29) is 12.1 Å². The van der Waals surface area contributed by atoms with Gasteiger partial charge < -0.3 is 19.5 Å². The van der Waals surface area contributed by atoms with Crippen LogP contribution in [0.4, 0.5) is 5.95 Å². The lowest BCUT2D eigenvalue weighted by Crippen LogP contribution is -2.32. The number of nitrogens with one attached hydrogen (secondary N) is 1. The Labute approximate surface area is 197 Å². The Morgan fingerprint density at radius 1 is 0.912 bits per heavy atom. The third kappa shape index (κ3) is 3.12. The fourth-order valence-corrected chi connectivity index (χ4v) is 4.83. The number of hydrogen-bond acceptors (Lipinski definition) is 6. The number of benzene rings is 3. The Hall–Kier alpha value is -4.26. The van der Waals surface area contributed by atoms with Gasteiger partial charge in [-0.15, -0.1) is 0 Å². The highest BCUT2D eigenvalue weighted by atomic mass is 16.5. The van der Waals surface area contributed by atoms with Crippen molar-refractivity contribution >= 4 is 11.6 Å². The summed E-state index contributed by atoms with van der Waals surface area (Å²) in [5.74, 6) is 2.85. The third-order valence-electron chi connectivity index (χ3n) is 6.40. The second kappa shape index (κ2) is 7.95. The Morgan fingerprint density at radius 3 is 2.53 bits per heavy atom. The number of methoxy groups -OCH3 is 2. The van der Waals surface area contributed by atoms with Gasteiger partial charge in [0.05, 0.1) is 19.9 Å². The van der Waals surface area contributed by atoms with Gasteiger partial charge in [-0.2, -0.15) is 10.1 Å². The van der Waals surface area contributed by atoms with Crippen molar-refractivity contribution in [3.63, 3.8) is 0 Å². The molecule has 7 nitrogen and oxygen atoms in total. The second-order valence-electron chi connectivity index (χ2n) is 8.41. The van der Waals surface area contributed by atoms with E-state index in [1.165, 1.54) is 0 Å². The summed E-state index contributed by atoms with van der Waals surface area (Å²) in [6, 6.07) is 22.3. The van der Waals surface area contributed by atoms with Crippen LogP contribution in [0.15, 0.2) is 78.6 Å². The number of nitrogens with zero attached hydrogens (tertiary/aromatic N) is 3. The van der Waals surface area contributed by atoms with Crippen molar-refractivity contribution < 1.29 is 14.2 Å². The summed E-state index contributed by atoms with van der Waals surface area (Å²) >= 11 is 0. The highest BCUT2D eigenvalue weighted by Crippen LogP contribution is 2.51. The van der Waals surface area contributed by atoms with Crippen molar-refractivity contribution in [1.82, 2.24) is 14.8 Å². The number of anilines is 1. The van der Waals surface area contributed by atoms with Gasteiger partial charge in [-0.05, 0) is 36.8 Å². The van der Waals surface area contributed by atoms with Gasteiger partial charge in [0.1, 0.15) is 24.2 Å². The molecule has 7 heteroatoms. The maximum absolute atomic E-state index is 6.70. The first-order valence-electron chi connectivity index (χ1n) is 11.1. The van der Waals surface area contributed by atoms with Crippen LogP contribution in [0.5, 0.6) is 17.2 Å². The molecule has 2 aliphatic heterocycles. The zero-order chi connectivity index (χ0) is 23.2. The SMILES string of the molecule is COc1ccc([C@H]2Oc3ccc(C)cc3C3=C2[C@H](c2ccccc2)n2ncnc2N3)cc1OC. The summed E-state index contributed by atoms with van der Waals surface area (Å²) in [5, 5.41) is 8.12. The average Bonchev–Trinajstić information content (AvgIpc) is 3.35. The molecule has 0 spiro atoms. The van der Waals surface area contributed by atoms with Crippen LogP contribution in [0.1, 0.15) is 34.4 Å². The van der Waals surface area contributed by atoms with Crippen molar-refractivity contribution in [3.05, 3.63) is 101 Å². The summed E-state index contributed by atoms with van der Waals surface area (Å²) in [7, 11) is 3.28. The standard InChI is InChI=1S/C27H24N4O3/c1-16-9-11-20-19(13-16)24-23(26(34-20)18-10-12-21(32-2)22(14-18)33-3)25(17-7-5-4-6-8-17)31-27(30-24)28-15-29-31/h4-15,25-26H,1-3H3,(H,28,29,30)/t25-,26+/m0/s1. The van der Waals surface area contributed by atoms with E-state index in [0.29, 0.717) is 17.4 Å². The molecule has 0 aliphatic carbocycles. The Kier molecular flexibility index (Phi) is 4.76. The molecule has 0 saturated carbocycles. The van der Waals surface area contributed by atoms with Crippen molar-refractivity contribution in [2.45, 2.75) is 19.1 Å². The van der Waals surface area contributed by atoms with Crippen LogP contribution in [0.2, 0.25) is 0 Å². The first-order chi connectivity index (χ1) is 16.7. The minimum atomic E-state index is -0.375. The van der Waals surface area contributed by atoms with E-state index in [1.54, 1.807) is 20.5 Å². The zero-order valence-corrected chi connectivity index (χ0v) is 19.1. The van der Waals surface area contributed by atoms with Crippen molar-refractivity contribution in [1.29, 1.82) is 0 Å².